The number of hydrogen-bond acceptors (Lipinski definition) is 4. The summed E-state index contributed by atoms with van der Waals surface area (Å²) in [4.78, 5) is 2.27. The maximum atomic E-state index is 9.65. The number of anilines is 1. The van der Waals surface area contributed by atoms with Gasteiger partial charge in [-0.05, 0) is 61.6 Å². The molecule has 2 aromatic carbocycles. The summed E-state index contributed by atoms with van der Waals surface area (Å²) in [6.07, 6.45) is 3.69. The van der Waals surface area contributed by atoms with Crippen LogP contribution in [0.15, 0.2) is 48.5 Å². The number of aliphatic hydroxyl groups excluding tert-OH is 1. The van der Waals surface area contributed by atoms with E-state index in [0.29, 0.717) is 23.2 Å². The van der Waals surface area contributed by atoms with Gasteiger partial charge in [-0.1, -0.05) is 29.8 Å². The predicted molar refractivity (Wildman–Crippen MR) is 110 cm³/mol. The highest BCUT2D eigenvalue weighted by Crippen LogP contribution is 2.22. The third kappa shape index (κ3) is 5.71. The quantitative estimate of drug-likeness (QED) is 0.755. The van der Waals surface area contributed by atoms with E-state index in [4.69, 9.17) is 11.6 Å². The van der Waals surface area contributed by atoms with Crippen LogP contribution in [0.4, 0.5) is 5.69 Å². The number of nitrogens with zero attached hydrogens (tertiary/aromatic N) is 2. The summed E-state index contributed by atoms with van der Waals surface area (Å²) in [5.41, 5.74) is 2.73. The Kier molecular flexibility index (Phi) is 7.11. The van der Waals surface area contributed by atoms with Crippen LogP contribution in [0.2, 0.25) is 5.02 Å². The molecule has 0 saturated heterocycles. The lowest BCUT2D eigenvalue weighted by Gasteiger charge is -2.29. The highest BCUT2D eigenvalue weighted by Gasteiger charge is 2.19. The Morgan fingerprint density at radius 3 is 2.56 bits per heavy atom. The van der Waals surface area contributed by atoms with E-state index < -0.39 is 0 Å². The molecule has 1 aliphatic carbocycles. The lowest BCUT2D eigenvalue weighted by molar-refractivity contribution is 0.117. The molecule has 0 aromatic heterocycles. The zero-order valence-corrected chi connectivity index (χ0v) is 16.2. The molecular weight excluding hydrogens is 358 g/mol. The van der Waals surface area contributed by atoms with Gasteiger partial charge in [0.15, 0.2) is 0 Å². The van der Waals surface area contributed by atoms with E-state index in [2.05, 4.69) is 28.4 Å². The molecule has 1 aliphatic rings. The predicted octanol–water partition coefficient (Wildman–Crippen LogP) is 4.11. The number of nitrogens with one attached hydrogen (secondary N) is 1. The Hall–Kier alpha value is -2.06. The molecule has 0 atom stereocenters. The van der Waals surface area contributed by atoms with Crippen LogP contribution in [-0.4, -0.2) is 30.3 Å². The molecule has 0 unspecified atom stereocenters. The smallest absolute Gasteiger partial charge is 0.0995 e. The molecule has 4 nitrogen and oxygen atoms in total. The van der Waals surface area contributed by atoms with Crippen molar-refractivity contribution >= 4 is 17.3 Å². The van der Waals surface area contributed by atoms with Crippen LogP contribution in [0.5, 0.6) is 0 Å². The monoisotopic (exact) mass is 383 g/mol. The van der Waals surface area contributed by atoms with Crippen LogP contribution in [0.1, 0.15) is 36.8 Å². The molecule has 0 amide bonds. The van der Waals surface area contributed by atoms with Crippen molar-refractivity contribution in [2.24, 2.45) is 0 Å². The molecule has 0 bridgehead atoms. The van der Waals surface area contributed by atoms with Gasteiger partial charge in [-0.3, -0.25) is 0 Å². The van der Waals surface area contributed by atoms with E-state index in [-0.39, 0.29) is 6.10 Å². The Balaban J connectivity index is 1.67. The Morgan fingerprint density at radius 1 is 1.11 bits per heavy atom. The normalized spacial score (nSPS) is 19.4. The van der Waals surface area contributed by atoms with Gasteiger partial charge in [-0.25, -0.2) is 0 Å². The highest BCUT2D eigenvalue weighted by atomic mass is 35.5. The summed E-state index contributed by atoms with van der Waals surface area (Å²) in [5, 5.41) is 23.3. The van der Waals surface area contributed by atoms with Gasteiger partial charge in [-0.15, -0.1) is 0 Å². The van der Waals surface area contributed by atoms with Crippen molar-refractivity contribution in [1.82, 2.24) is 5.32 Å². The van der Waals surface area contributed by atoms with Crippen molar-refractivity contribution in [2.75, 3.05) is 18.0 Å². The molecule has 2 N–H and O–H groups in total. The Labute approximate surface area is 166 Å². The number of rotatable bonds is 7. The Bertz CT molecular complexity index is 767. The average molecular weight is 384 g/mol. The molecule has 5 heteroatoms. The number of aliphatic hydroxyl groups is 1. The second-order valence-corrected chi connectivity index (χ2v) is 7.57. The van der Waals surface area contributed by atoms with Crippen molar-refractivity contribution < 1.29 is 5.11 Å². The SMILES string of the molecule is N#Cc1ccc(Cl)cc1CN(CCN[C@H]1CC[C@H](O)CC1)c1ccccc1. The zero-order chi connectivity index (χ0) is 19.1. The standard InChI is InChI=1S/C22H26ClN3O/c23-19-7-6-17(15-24)18(14-19)16-26(21-4-2-1-3-5-21)13-12-25-20-8-10-22(27)11-9-20/h1-7,14,20,22,25,27H,8-13,16H2/t20-,22-. The topological polar surface area (TPSA) is 59.3 Å². The third-order valence-corrected chi connectivity index (χ3v) is 5.42. The molecule has 0 aliphatic heterocycles. The molecule has 0 radical (unpaired) electrons. The van der Waals surface area contributed by atoms with Gasteiger partial charge < -0.3 is 15.3 Å². The van der Waals surface area contributed by atoms with Crippen molar-refractivity contribution in [3.63, 3.8) is 0 Å². The largest absolute Gasteiger partial charge is 0.393 e. The number of benzene rings is 2. The third-order valence-electron chi connectivity index (χ3n) is 5.18. The molecule has 0 heterocycles. The van der Waals surface area contributed by atoms with Crippen molar-refractivity contribution in [2.45, 2.75) is 44.4 Å². The highest BCUT2D eigenvalue weighted by molar-refractivity contribution is 6.30. The van der Waals surface area contributed by atoms with Crippen LogP contribution in [-0.2, 0) is 6.54 Å². The van der Waals surface area contributed by atoms with Crippen LogP contribution in [0.3, 0.4) is 0 Å². The second kappa shape index (κ2) is 9.75. The first-order valence-corrected chi connectivity index (χ1v) is 9.93. The van der Waals surface area contributed by atoms with Crippen LogP contribution in [0, 0.1) is 11.3 Å². The second-order valence-electron chi connectivity index (χ2n) is 7.13. The van der Waals surface area contributed by atoms with E-state index in [1.165, 1.54) is 0 Å². The van der Waals surface area contributed by atoms with Gasteiger partial charge in [0.05, 0.1) is 17.7 Å². The van der Waals surface area contributed by atoms with Gasteiger partial charge >= 0.3 is 0 Å². The van der Waals surface area contributed by atoms with Gasteiger partial charge in [0, 0.05) is 36.4 Å². The minimum atomic E-state index is -0.129. The fourth-order valence-electron chi connectivity index (χ4n) is 3.63. The fraction of sp³-hybridized carbons (Fsp3) is 0.409. The number of para-hydroxylation sites is 1. The van der Waals surface area contributed by atoms with Crippen LogP contribution >= 0.6 is 11.6 Å². The lowest BCUT2D eigenvalue weighted by atomic mass is 9.93. The summed E-state index contributed by atoms with van der Waals surface area (Å²) in [5.74, 6) is 0. The van der Waals surface area contributed by atoms with Gasteiger partial charge in [0.2, 0.25) is 0 Å². The minimum Gasteiger partial charge on any atom is -0.393 e. The first-order chi connectivity index (χ1) is 13.2. The zero-order valence-electron chi connectivity index (χ0n) is 15.4. The molecule has 3 rings (SSSR count). The summed E-state index contributed by atoms with van der Waals surface area (Å²) in [6, 6.07) is 18.4. The molecule has 1 fully saturated rings. The van der Waals surface area contributed by atoms with E-state index in [1.54, 1.807) is 12.1 Å². The van der Waals surface area contributed by atoms with Crippen molar-refractivity contribution in [1.29, 1.82) is 5.26 Å². The maximum absolute atomic E-state index is 9.65. The maximum Gasteiger partial charge on any atom is 0.0995 e. The first kappa shape index (κ1) is 19.7. The van der Waals surface area contributed by atoms with E-state index >= 15 is 0 Å². The van der Waals surface area contributed by atoms with Gasteiger partial charge in [0.1, 0.15) is 0 Å². The van der Waals surface area contributed by atoms with Crippen molar-refractivity contribution in [3.05, 3.63) is 64.7 Å². The molecule has 0 spiro atoms. The number of hydrogen-bond donors (Lipinski definition) is 2. The lowest BCUT2D eigenvalue weighted by Crippen LogP contribution is -2.39. The fourth-order valence-corrected chi connectivity index (χ4v) is 3.82. The van der Waals surface area contributed by atoms with Gasteiger partial charge in [-0.2, -0.15) is 5.26 Å². The van der Waals surface area contributed by atoms with E-state index in [1.807, 2.05) is 24.3 Å². The first-order valence-electron chi connectivity index (χ1n) is 9.55. The average Bonchev–Trinajstić information content (AvgIpc) is 2.69. The molecule has 142 valence electrons. The molecule has 1 saturated carbocycles. The minimum absolute atomic E-state index is 0.129. The molecule has 2 aromatic rings. The van der Waals surface area contributed by atoms with Gasteiger partial charge in [0.25, 0.3) is 0 Å². The Morgan fingerprint density at radius 2 is 1.85 bits per heavy atom. The summed E-state index contributed by atoms with van der Waals surface area (Å²) in [6.45, 7) is 2.33. The van der Waals surface area contributed by atoms with E-state index in [0.717, 1.165) is 50.0 Å². The molecular formula is C22H26ClN3O. The summed E-state index contributed by atoms with van der Waals surface area (Å²) < 4.78 is 0. The van der Waals surface area contributed by atoms with Crippen LogP contribution < -0.4 is 10.2 Å². The summed E-state index contributed by atoms with van der Waals surface area (Å²) in [7, 11) is 0. The molecule has 27 heavy (non-hydrogen) atoms. The van der Waals surface area contributed by atoms with Crippen LogP contribution in [0.25, 0.3) is 0 Å². The van der Waals surface area contributed by atoms with Crippen molar-refractivity contribution in [3.8, 4) is 6.07 Å². The van der Waals surface area contributed by atoms with E-state index in [9.17, 15) is 10.4 Å². The number of nitriles is 1. The summed E-state index contributed by atoms with van der Waals surface area (Å²) >= 11 is 6.16. The number of halogens is 1.